The van der Waals surface area contributed by atoms with Crippen molar-refractivity contribution in [1.29, 1.82) is 0 Å². The fourth-order valence-electron chi connectivity index (χ4n) is 4.10. The standard InChI is InChI=1S/C23H26N4O2S/c1-15(27(20-9-10-20)30(2,28)29)16-4-3-5-17(12-16)18-6-11-22-21(13-18)23(25-14-24-22)26-19-7-8-19/h3-6,11-15,19-20H,7-10H2,1-2H3,(H,24,25,26). The summed E-state index contributed by atoms with van der Waals surface area (Å²) in [7, 11) is -3.26. The number of hydrogen-bond acceptors (Lipinski definition) is 5. The van der Waals surface area contributed by atoms with Crippen LogP contribution in [-0.2, 0) is 10.0 Å². The molecule has 1 unspecified atom stereocenters. The second-order valence-corrected chi connectivity index (χ2v) is 10.4. The molecule has 3 aromatic rings. The summed E-state index contributed by atoms with van der Waals surface area (Å²) in [6.45, 7) is 1.98. The van der Waals surface area contributed by atoms with Crippen molar-refractivity contribution >= 4 is 26.7 Å². The fourth-order valence-corrected chi connectivity index (χ4v) is 5.55. The molecule has 2 fully saturated rings. The zero-order chi connectivity index (χ0) is 20.9. The highest BCUT2D eigenvalue weighted by molar-refractivity contribution is 7.88. The molecule has 0 radical (unpaired) electrons. The van der Waals surface area contributed by atoms with E-state index in [9.17, 15) is 8.42 Å². The van der Waals surface area contributed by atoms with E-state index >= 15 is 0 Å². The minimum Gasteiger partial charge on any atom is -0.367 e. The summed E-state index contributed by atoms with van der Waals surface area (Å²) < 4.78 is 26.4. The van der Waals surface area contributed by atoms with Gasteiger partial charge in [-0.2, -0.15) is 4.31 Å². The molecule has 7 heteroatoms. The van der Waals surface area contributed by atoms with Crippen molar-refractivity contribution in [3.05, 3.63) is 54.4 Å². The highest BCUT2D eigenvalue weighted by Gasteiger charge is 2.38. The maximum absolute atomic E-state index is 12.4. The van der Waals surface area contributed by atoms with E-state index in [4.69, 9.17) is 0 Å². The van der Waals surface area contributed by atoms with E-state index in [-0.39, 0.29) is 12.1 Å². The van der Waals surface area contributed by atoms with Crippen molar-refractivity contribution in [3.8, 4) is 11.1 Å². The average Bonchev–Trinajstić information content (AvgIpc) is 3.63. The first kappa shape index (κ1) is 19.5. The molecular formula is C23H26N4O2S. The van der Waals surface area contributed by atoms with Crippen molar-refractivity contribution in [1.82, 2.24) is 14.3 Å². The maximum atomic E-state index is 12.4. The molecule has 0 aliphatic heterocycles. The molecule has 2 aliphatic rings. The van der Waals surface area contributed by atoms with Crippen LogP contribution in [0.25, 0.3) is 22.0 Å². The largest absolute Gasteiger partial charge is 0.367 e. The first-order chi connectivity index (χ1) is 14.4. The van der Waals surface area contributed by atoms with Gasteiger partial charge in [0.05, 0.1) is 11.8 Å². The Bertz CT molecular complexity index is 1200. The van der Waals surface area contributed by atoms with Crippen LogP contribution in [0.1, 0.15) is 44.2 Å². The molecule has 6 nitrogen and oxygen atoms in total. The van der Waals surface area contributed by atoms with Crippen molar-refractivity contribution in [2.24, 2.45) is 0 Å². The minimum absolute atomic E-state index is 0.132. The molecular weight excluding hydrogens is 396 g/mol. The molecule has 0 bridgehead atoms. The molecule has 2 saturated carbocycles. The zero-order valence-corrected chi connectivity index (χ0v) is 18.1. The van der Waals surface area contributed by atoms with Crippen molar-refractivity contribution in [3.63, 3.8) is 0 Å². The van der Waals surface area contributed by atoms with Gasteiger partial charge in [-0.15, -0.1) is 0 Å². The van der Waals surface area contributed by atoms with Crippen molar-refractivity contribution in [2.75, 3.05) is 11.6 Å². The van der Waals surface area contributed by atoms with Gasteiger partial charge >= 0.3 is 0 Å². The summed E-state index contributed by atoms with van der Waals surface area (Å²) in [5.74, 6) is 0.880. The van der Waals surface area contributed by atoms with Gasteiger partial charge in [-0.3, -0.25) is 0 Å². The van der Waals surface area contributed by atoms with E-state index in [2.05, 4.69) is 39.6 Å². The SMILES string of the molecule is CC(c1cccc(-c2ccc3ncnc(NC4CC4)c3c2)c1)N(C1CC1)S(C)(=O)=O. The van der Waals surface area contributed by atoms with Crippen LogP contribution in [0.3, 0.4) is 0 Å². The Morgan fingerprint density at radius 1 is 1.03 bits per heavy atom. The highest BCUT2D eigenvalue weighted by atomic mass is 32.2. The van der Waals surface area contributed by atoms with Crippen LogP contribution >= 0.6 is 0 Å². The summed E-state index contributed by atoms with van der Waals surface area (Å²) in [6, 6.07) is 14.8. The van der Waals surface area contributed by atoms with E-state index in [0.717, 1.165) is 46.3 Å². The third kappa shape index (κ3) is 3.91. The molecule has 1 atom stereocenters. The van der Waals surface area contributed by atoms with Gasteiger partial charge in [0.25, 0.3) is 0 Å². The minimum atomic E-state index is -3.26. The molecule has 0 amide bonds. The summed E-state index contributed by atoms with van der Waals surface area (Å²) >= 11 is 0. The van der Waals surface area contributed by atoms with Crippen LogP contribution in [-0.4, -0.2) is 41.0 Å². The number of fused-ring (bicyclic) bond motifs is 1. The summed E-state index contributed by atoms with van der Waals surface area (Å²) in [5.41, 5.74) is 4.05. The van der Waals surface area contributed by atoms with Crippen molar-refractivity contribution < 1.29 is 8.42 Å². The Morgan fingerprint density at radius 2 is 1.80 bits per heavy atom. The monoisotopic (exact) mass is 422 g/mol. The molecule has 0 spiro atoms. The lowest BCUT2D eigenvalue weighted by atomic mass is 9.99. The average molecular weight is 423 g/mol. The number of nitrogens with zero attached hydrogens (tertiary/aromatic N) is 3. The van der Waals surface area contributed by atoms with Crippen LogP contribution in [0.5, 0.6) is 0 Å². The zero-order valence-electron chi connectivity index (χ0n) is 17.2. The number of hydrogen-bond donors (Lipinski definition) is 1. The molecule has 2 aromatic carbocycles. The molecule has 30 heavy (non-hydrogen) atoms. The quantitative estimate of drug-likeness (QED) is 0.612. The predicted molar refractivity (Wildman–Crippen MR) is 120 cm³/mol. The second kappa shape index (κ2) is 7.32. The van der Waals surface area contributed by atoms with E-state index in [1.54, 1.807) is 10.6 Å². The first-order valence-corrected chi connectivity index (χ1v) is 12.3. The van der Waals surface area contributed by atoms with Gasteiger partial charge in [-0.05, 0) is 67.5 Å². The van der Waals surface area contributed by atoms with E-state index in [1.807, 2.05) is 25.1 Å². The Hall–Kier alpha value is -2.51. The number of sulfonamides is 1. The van der Waals surface area contributed by atoms with E-state index in [1.165, 1.54) is 19.1 Å². The normalized spacial score (nSPS) is 18.0. The molecule has 1 heterocycles. The molecule has 5 rings (SSSR count). The lowest BCUT2D eigenvalue weighted by Crippen LogP contribution is -2.34. The van der Waals surface area contributed by atoms with Crippen LogP contribution in [0, 0.1) is 0 Å². The van der Waals surface area contributed by atoms with E-state index < -0.39 is 10.0 Å². The highest BCUT2D eigenvalue weighted by Crippen LogP contribution is 2.37. The van der Waals surface area contributed by atoms with Crippen LogP contribution in [0.15, 0.2) is 48.8 Å². The third-order valence-electron chi connectivity index (χ3n) is 5.93. The van der Waals surface area contributed by atoms with Crippen LogP contribution < -0.4 is 5.32 Å². The smallest absolute Gasteiger partial charge is 0.212 e. The van der Waals surface area contributed by atoms with Gasteiger partial charge in [0.15, 0.2) is 0 Å². The Labute approximate surface area is 177 Å². The lowest BCUT2D eigenvalue weighted by molar-refractivity contribution is 0.337. The Balaban J connectivity index is 1.51. The predicted octanol–water partition coefficient (Wildman–Crippen LogP) is 4.36. The van der Waals surface area contributed by atoms with Gasteiger partial charge in [0, 0.05) is 23.5 Å². The van der Waals surface area contributed by atoms with Gasteiger partial charge in [-0.25, -0.2) is 18.4 Å². The second-order valence-electron chi connectivity index (χ2n) is 8.50. The van der Waals surface area contributed by atoms with Gasteiger partial charge in [0.1, 0.15) is 12.1 Å². The maximum Gasteiger partial charge on any atom is 0.212 e. The fraction of sp³-hybridized carbons (Fsp3) is 0.391. The first-order valence-electron chi connectivity index (χ1n) is 10.5. The van der Waals surface area contributed by atoms with Gasteiger partial charge in [0.2, 0.25) is 10.0 Å². The molecule has 1 aromatic heterocycles. The molecule has 0 saturated heterocycles. The topological polar surface area (TPSA) is 75.2 Å². The number of nitrogens with one attached hydrogen (secondary N) is 1. The number of aromatic nitrogens is 2. The molecule has 2 aliphatic carbocycles. The van der Waals surface area contributed by atoms with Gasteiger partial charge in [-0.1, -0.05) is 24.3 Å². The number of anilines is 1. The Morgan fingerprint density at radius 3 is 2.50 bits per heavy atom. The lowest BCUT2D eigenvalue weighted by Gasteiger charge is -2.27. The van der Waals surface area contributed by atoms with E-state index in [0.29, 0.717) is 6.04 Å². The van der Waals surface area contributed by atoms with Gasteiger partial charge < -0.3 is 5.32 Å². The van der Waals surface area contributed by atoms with Crippen molar-refractivity contribution in [2.45, 2.75) is 50.7 Å². The molecule has 156 valence electrons. The number of benzene rings is 2. The van der Waals surface area contributed by atoms with Crippen LogP contribution in [0.2, 0.25) is 0 Å². The summed E-state index contributed by atoms with van der Waals surface area (Å²) in [6.07, 6.45) is 7.17. The third-order valence-corrected chi connectivity index (χ3v) is 7.31. The Kier molecular flexibility index (Phi) is 4.75. The number of rotatable bonds is 7. The summed E-state index contributed by atoms with van der Waals surface area (Å²) in [4.78, 5) is 8.85. The van der Waals surface area contributed by atoms with Crippen LogP contribution in [0.4, 0.5) is 5.82 Å². The molecule has 1 N–H and O–H groups in total. The summed E-state index contributed by atoms with van der Waals surface area (Å²) in [5, 5.41) is 4.50.